The molecule has 7 nitrogen and oxygen atoms in total. The van der Waals surface area contributed by atoms with Gasteiger partial charge < -0.3 is 20.3 Å². The Morgan fingerprint density at radius 2 is 2.04 bits per heavy atom. The van der Waals surface area contributed by atoms with E-state index in [9.17, 15) is 23.5 Å². The summed E-state index contributed by atoms with van der Waals surface area (Å²) in [4.78, 5) is 23.7. The van der Waals surface area contributed by atoms with Crippen molar-refractivity contribution in [3.63, 3.8) is 0 Å². The van der Waals surface area contributed by atoms with Crippen molar-refractivity contribution in [2.75, 3.05) is 13.1 Å². The average Bonchev–Trinajstić information content (AvgIpc) is 2.30. The number of aliphatic hydroxyl groups is 1. The van der Waals surface area contributed by atoms with Crippen molar-refractivity contribution in [3.8, 4) is 0 Å². The van der Waals surface area contributed by atoms with Crippen molar-refractivity contribution < 1.29 is 33.3 Å². The molecule has 0 aliphatic carbocycles. The second kappa shape index (κ2) is 7.39. The minimum absolute atomic E-state index is 0.112. The second-order valence-corrected chi connectivity index (χ2v) is 6.75. The quantitative estimate of drug-likeness (QED) is 0.701. The molecule has 1 saturated heterocycles. The van der Waals surface area contributed by atoms with Crippen molar-refractivity contribution in [1.29, 1.82) is 0 Å². The number of hydrogen-bond donors (Lipinski definition) is 3. The summed E-state index contributed by atoms with van der Waals surface area (Å²) in [6, 6.07) is -0.953. The number of ether oxygens (including phenoxy) is 1. The van der Waals surface area contributed by atoms with Crippen molar-refractivity contribution >= 4 is 12.1 Å². The summed E-state index contributed by atoms with van der Waals surface area (Å²) < 4.78 is 31.9. The van der Waals surface area contributed by atoms with Crippen LogP contribution in [-0.4, -0.2) is 64.1 Å². The molecule has 1 heterocycles. The highest BCUT2D eigenvalue weighted by atomic mass is 19.3. The molecule has 134 valence electrons. The molecule has 2 atom stereocenters. The highest BCUT2D eigenvalue weighted by Gasteiger charge is 2.40. The summed E-state index contributed by atoms with van der Waals surface area (Å²) in [5.41, 5.74) is -0.768. The molecule has 0 radical (unpaired) electrons. The van der Waals surface area contributed by atoms with E-state index in [2.05, 4.69) is 5.32 Å². The van der Waals surface area contributed by atoms with E-state index in [4.69, 9.17) is 9.84 Å². The molecule has 23 heavy (non-hydrogen) atoms. The van der Waals surface area contributed by atoms with Gasteiger partial charge in [0.15, 0.2) is 0 Å². The summed E-state index contributed by atoms with van der Waals surface area (Å²) >= 11 is 0. The van der Waals surface area contributed by atoms with Crippen LogP contribution >= 0.6 is 0 Å². The van der Waals surface area contributed by atoms with Crippen LogP contribution in [0.5, 0.6) is 0 Å². The standard InChI is InChI=1S/C14H24F2N2O5/c1-13(2,3)23-12(22)17-9(6-11(20)21)7-18-8-14(15,16)5-4-10(18)19/h9-10,19H,4-8H2,1-3H3,(H,17,22)(H,20,21)/t9-,10?/m0/s1. The number of carboxylic acids is 1. The summed E-state index contributed by atoms with van der Waals surface area (Å²) in [6.45, 7) is 4.05. The molecule has 1 unspecified atom stereocenters. The van der Waals surface area contributed by atoms with Crippen LogP contribution in [0, 0.1) is 0 Å². The number of aliphatic carboxylic acids is 1. The Morgan fingerprint density at radius 3 is 2.57 bits per heavy atom. The fraction of sp³-hybridized carbons (Fsp3) is 0.857. The third-order valence-corrected chi connectivity index (χ3v) is 3.22. The van der Waals surface area contributed by atoms with Gasteiger partial charge in [-0.25, -0.2) is 13.6 Å². The molecule has 0 bridgehead atoms. The first-order valence-electron chi connectivity index (χ1n) is 7.39. The van der Waals surface area contributed by atoms with Crippen molar-refractivity contribution in [2.45, 2.75) is 63.8 Å². The van der Waals surface area contributed by atoms with Gasteiger partial charge in [-0.15, -0.1) is 0 Å². The highest BCUT2D eigenvalue weighted by molar-refractivity contribution is 5.71. The summed E-state index contributed by atoms with van der Waals surface area (Å²) in [5, 5.41) is 21.1. The molecule has 0 spiro atoms. The Bertz CT molecular complexity index is 439. The molecule has 1 rings (SSSR count). The van der Waals surface area contributed by atoms with E-state index >= 15 is 0 Å². The molecule has 0 aromatic rings. The van der Waals surface area contributed by atoms with Crippen LogP contribution < -0.4 is 5.32 Å². The minimum Gasteiger partial charge on any atom is -0.481 e. The smallest absolute Gasteiger partial charge is 0.407 e. The summed E-state index contributed by atoms with van der Waals surface area (Å²) in [5.74, 6) is -4.14. The van der Waals surface area contributed by atoms with Crippen molar-refractivity contribution in [1.82, 2.24) is 10.2 Å². The van der Waals surface area contributed by atoms with Gasteiger partial charge in [0.25, 0.3) is 5.92 Å². The van der Waals surface area contributed by atoms with Gasteiger partial charge in [0.2, 0.25) is 0 Å². The number of carbonyl (C=O) groups excluding carboxylic acids is 1. The van der Waals surface area contributed by atoms with E-state index in [-0.39, 0.29) is 13.0 Å². The summed E-state index contributed by atoms with van der Waals surface area (Å²) in [7, 11) is 0. The predicted molar refractivity (Wildman–Crippen MR) is 77.2 cm³/mol. The number of piperidine rings is 1. The number of halogens is 2. The van der Waals surface area contributed by atoms with E-state index in [0.29, 0.717) is 0 Å². The Kier molecular flexibility index (Phi) is 6.29. The van der Waals surface area contributed by atoms with Crippen LogP contribution in [0.2, 0.25) is 0 Å². The van der Waals surface area contributed by atoms with Gasteiger partial charge in [0.1, 0.15) is 11.8 Å². The number of rotatable bonds is 5. The minimum atomic E-state index is -2.95. The Labute approximate surface area is 133 Å². The van der Waals surface area contributed by atoms with E-state index in [1.165, 1.54) is 0 Å². The topological polar surface area (TPSA) is 99.1 Å². The van der Waals surface area contributed by atoms with Crippen molar-refractivity contribution in [2.24, 2.45) is 0 Å². The zero-order valence-electron chi connectivity index (χ0n) is 13.5. The largest absolute Gasteiger partial charge is 0.481 e. The zero-order chi connectivity index (χ0) is 17.8. The number of hydrogen-bond acceptors (Lipinski definition) is 5. The molecular weight excluding hydrogens is 314 g/mol. The third-order valence-electron chi connectivity index (χ3n) is 3.22. The molecule has 1 aliphatic rings. The van der Waals surface area contributed by atoms with Gasteiger partial charge in [0, 0.05) is 13.0 Å². The van der Waals surface area contributed by atoms with E-state index in [1.807, 2.05) is 0 Å². The first kappa shape index (κ1) is 19.6. The van der Waals surface area contributed by atoms with Crippen LogP contribution in [0.15, 0.2) is 0 Å². The lowest BCUT2D eigenvalue weighted by atomic mass is 10.0. The number of aliphatic hydroxyl groups excluding tert-OH is 1. The highest BCUT2D eigenvalue weighted by Crippen LogP contribution is 2.29. The van der Waals surface area contributed by atoms with E-state index < -0.39 is 55.2 Å². The molecular formula is C14H24F2N2O5. The molecule has 3 N–H and O–H groups in total. The van der Waals surface area contributed by atoms with Crippen LogP contribution in [-0.2, 0) is 9.53 Å². The monoisotopic (exact) mass is 338 g/mol. The molecule has 1 fully saturated rings. The number of carboxylic acid groups (broad SMARTS) is 1. The maximum atomic E-state index is 13.4. The predicted octanol–water partition coefficient (Wildman–Crippen LogP) is 1.40. The van der Waals surface area contributed by atoms with Crippen LogP contribution in [0.3, 0.4) is 0 Å². The maximum Gasteiger partial charge on any atom is 0.407 e. The lowest BCUT2D eigenvalue weighted by Gasteiger charge is -2.38. The van der Waals surface area contributed by atoms with Crippen LogP contribution in [0.4, 0.5) is 13.6 Å². The van der Waals surface area contributed by atoms with E-state index in [0.717, 1.165) is 4.90 Å². The number of alkyl carbamates (subject to hydrolysis) is 1. The molecule has 0 saturated carbocycles. The molecule has 1 aliphatic heterocycles. The Hall–Kier alpha value is -1.48. The van der Waals surface area contributed by atoms with Crippen molar-refractivity contribution in [3.05, 3.63) is 0 Å². The Morgan fingerprint density at radius 1 is 1.43 bits per heavy atom. The first-order chi connectivity index (χ1) is 10.4. The van der Waals surface area contributed by atoms with Gasteiger partial charge in [-0.2, -0.15) is 0 Å². The lowest BCUT2D eigenvalue weighted by molar-refractivity contribution is -0.142. The number of likely N-dealkylation sites (tertiary alicyclic amines) is 1. The fourth-order valence-corrected chi connectivity index (χ4v) is 2.32. The zero-order valence-corrected chi connectivity index (χ0v) is 13.5. The average molecular weight is 338 g/mol. The third kappa shape index (κ3) is 7.56. The molecule has 9 heteroatoms. The number of nitrogens with zero attached hydrogens (tertiary/aromatic N) is 1. The normalized spacial score (nSPS) is 23.1. The SMILES string of the molecule is CC(C)(C)OC(=O)N[C@@H](CC(=O)O)CN1CC(F)(F)CCC1O. The maximum absolute atomic E-state index is 13.4. The summed E-state index contributed by atoms with van der Waals surface area (Å²) in [6.07, 6.45) is -2.92. The number of alkyl halides is 2. The molecule has 0 aromatic heterocycles. The molecule has 0 aromatic carbocycles. The lowest BCUT2D eigenvalue weighted by Crippen LogP contribution is -2.54. The van der Waals surface area contributed by atoms with Gasteiger partial charge >= 0.3 is 12.1 Å². The number of nitrogens with one attached hydrogen (secondary N) is 1. The molecule has 1 amide bonds. The van der Waals surface area contributed by atoms with E-state index in [1.54, 1.807) is 20.8 Å². The number of carbonyl (C=O) groups is 2. The van der Waals surface area contributed by atoms with Gasteiger partial charge in [0.05, 0.1) is 19.0 Å². The van der Waals surface area contributed by atoms with Gasteiger partial charge in [-0.1, -0.05) is 0 Å². The van der Waals surface area contributed by atoms with Gasteiger partial charge in [-0.3, -0.25) is 9.69 Å². The second-order valence-electron chi connectivity index (χ2n) is 6.75. The number of amides is 1. The van der Waals surface area contributed by atoms with Crippen LogP contribution in [0.25, 0.3) is 0 Å². The first-order valence-corrected chi connectivity index (χ1v) is 7.39. The fourth-order valence-electron chi connectivity index (χ4n) is 2.32. The van der Waals surface area contributed by atoms with Gasteiger partial charge in [-0.05, 0) is 27.2 Å². The Balaban J connectivity index is 2.70. The van der Waals surface area contributed by atoms with Crippen LogP contribution in [0.1, 0.15) is 40.0 Å².